The molecule has 0 saturated carbocycles. The fourth-order valence-electron chi connectivity index (χ4n) is 2.98. The predicted molar refractivity (Wildman–Crippen MR) is 87.0 cm³/mol. The first-order chi connectivity index (χ1) is 10.8. The van der Waals surface area contributed by atoms with Crippen molar-refractivity contribution in [1.82, 2.24) is 9.97 Å². The van der Waals surface area contributed by atoms with Gasteiger partial charge in [0.1, 0.15) is 23.8 Å². The summed E-state index contributed by atoms with van der Waals surface area (Å²) >= 11 is 0. The van der Waals surface area contributed by atoms with Crippen LogP contribution >= 0.6 is 0 Å². The molecule has 1 aliphatic rings. The first-order valence-corrected chi connectivity index (χ1v) is 7.87. The molecule has 1 aliphatic heterocycles. The molecule has 2 heterocycles. The van der Waals surface area contributed by atoms with Gasteiger partial charge in [0.15, 0.2) is 0 Å². The van der Waals surface area contributed by atoms with Crippen molar-refractivity contribution in [2.45, 2.75) is 38.6 Å². The van der Waals surface area contributed by atoms with E-state index in [1.54, 1.807) is 18.5 Å². The number of benzene rings is 1. The van der Waals surface area contributed by atoms with Crippen LogP contribution in [0.1, 0.15) is 32.6 Å². The Bertz CT molecular complexity index is 614. The molecule has 1 N–H and O–H groups in total. The Hall–Kier alpha value is -2.17. The molecule has 2 aromatic rings. The van der Waals surface area contributed by atoms with Crippen molar-refractivity contribution < 1.29 is 4.39 Å². The Balaban J connectivity index is 1.78. The molecule has 4 nitrogen and oxygen atoms in total. The average molecular weight is 300 g/mol. The fourth-order valence-corrected chi connectivity index (χ4v) is 2.98. The van der Waals surface area contributed by atoms with Gasteiger partial charge in [0, 0.05) is 24.3 Å². The maximum absolute atomic E-state index is 13.0. The average Bonchev–Trinajstić information content (AvgIpc) is 2.57. The maximum Gasteiger partial charge on any atom is 0.135 e. The lowest BCUT2D eigenvalue weighted by atomic mass is 10.0. The van der Waals surface area contributed by atoms with Gasteiger partial charge in [-0.15, -0.1) is 0 Å². The topological polar surface area (TPSA) is 41.0 Å². The number of nitrogens with one attached hydrogen (secondary N) is 1. The first-order valence-electron chi connectivity index (χ1n) is 7.87. The molecule has 0 bridgehead atoms. The molecule has 1 atom stereocenters. The molecule has 1 aromatic heterocycles. The van der Waals surface area contributed by atoms with E-state index in [0.717, 1.165) is 30.3 Å². The van der Waals surface area contributed by atoms with Crippen LogP contribution in [0.3, 0.4) is 0 Å². The molecule has 1 unspecified atom stereocenters. The molecule has 1 saturated heterocycles. The second-order valence-corrected chi connectivity index (χ2v) is 5.64. The molecule has 0 aliphatic carbocycles. The summed E-state index contributed by atoms with van der Waals surface area (Å²) in [5, 5.41) is 3.20. The number of anilines is 3. The monoisotopic (exact) mass is 300 g/mol. The van der Waals surface area contributed by atoms with E-state index >= 15 is 0 Å². The largest absolute Gasteiger partial charge is 0.353 e. The highest BCUT2D eigenvalue weighted by Gasteiger charge is 2.22. The SMILES string of the molecule is CCC1CCCCN1c1cc(Nc2ccc(F)cc2)ncn1. The van der Waals surface area contributed by atoms with Crippen molar-refractivity contribution in [3.63, 3.8) is 0 Å². The molecular weight excluding hydrogens is 279 g/mol. The first kappa shape index (κ1) is 14.8. The zero-order chi connectivity index (χ0) is 15.4. The number of piperidine rings is 1. The second-order valence-electron chi connectivity index (χ2n) is 5.64. The molecule has 1 fully saturated rings. The number of nitrogens with zero attached hydrogens (tertiary/aromatic N) is 3. The van der Waals surface area contributed by atoms with E-state index in [2.05, 4.69) is 27.1 Å². The van der Waals surface area contributed by atoms with Crippen molar-refractivity contribution >= 4 is 17.3 Å². The summed E-state index contributed by atoms with van der Waals surface area (Å²) < 4.78 is 13.0. The van der Waals surface area contributed by atoms with Crippen LogP contribution in [0.5, 0.6) is 0 Å². The molecule has 0 radical (unpaired) electrons. The number of hydrogen-bond donors (Lipinski definition) is 1. The number of aromatic nitrogens is 2. The van der Waals surface area contributed by atoms with Gasteiger partial charge in [-0.2, -0.15) is 0 Å². The third kappa shape index (κ3) is 3.35. The Labute approximate surface area is 130 Å². The minimum absolute atomic E-state index is 0.243. The number of halogens is 1. The van der Waals surface area contributed by atoms with Crippen LogP contribution in [0.15, 0.2) is 36.7 Å². The van der Waals surface area contributed by atoms with E-state index in [1.807, 2.05) is 6.07 Å². The summed E-state index contributed by atoms with van der Waals surface area (Å²) in [6.07, 6.45) is 6.44. The van der Waals surface area contributed by atoms with Crippen molar-refractivity contribution in [1.29, 1.82) is 0 Å². The van der Waals surface area contributed by atoms with E-state index in [-0.39, 0.29) is 5.82 Å². The van der Waals surface area contributed by atoms with Gasteiger partial charge in [-0.1, -0.05) is 6.92 Å². The summed E-state index contributed by atoms with van der Waals surface area (Å²) in [5.74, 6) is 1.45. The van der Waals surface area contributed by atoms with E-state index in [9.17, 15) is 4.39 Å². The maximum atomic E-state index is 13.0. The standard InChI is InChI=1S/C17H21FN4/c1-2-15-5-3-4-10-22(15)17-11-16(19-12-20-17)21-14-8-6-13(18)7-9-14/h6-9,11-12,15H,2-5,10H2,1H3,(H,19,20,21). The van der Waals surface area contributed by atoms with Crippen LogP contribution < -0.4 is 10.2 Å². The molecule has 3 rings (SSSR count). The smallest absolute Gasteiger partial charge is 0.135 e. The molecular formula is C17H21FN4. The van der Waals surface area contributed by atoms with E-state index < -0.39 is 0 Å². The highest BCUT2D eigenvalue weighted by Crippen LogP contribution is 2.26. The summed E-state index contributed by atoms with van der Waals surface area (Å²) in [7, 11) is 0. The van der Waals surface area contributed by atoms with E-state index in [1.165, 1.54) is 31.4 Å². The quantitative estimate of drug-likeness (QED) is 0.922. The fraction of sp³-hybridized carbons (Fsp3) is 0.412. The molecule has 22 heavy (non-hydrogen) atoms. The van der Waals surface area contributed by atoms with Crippen molar-refractivity contribution in [2.24, 2.45) is 0 Å². The summed E-state index contributed by atoms with van der Waals surface area (Å²) in [6, 6.07) is 8.80. The lowest BCUT2D eigenvalue weighted by Gasteiger charge is -2.36. The Morgan fingerprint density at radius 1 is 1.23 bits per heavy atom. The van der Waals surface area contributed by atoms with Gasteiger partial charge in [0.05, 0.1) is 0 Å². The molecule has 1 aromatic carbocycles. The highest BCUT2D eigenvalue weighted by molar-refractivity contribution is 5.59. The van der Waals surface area contributed by atoms with Gasteiger partial charge in [-0.3, -0.25) is 0 Å². The Morgan fingerprint density at radius 2 is 2.05 bits per heavy atom. The van der Waals surface area contributed by atoms with Crippen LogP contribution in [-0.2, 0) is 0 Å². The third-order valence-corrected chi connectivity index (χ3v) is 4.16. The zero-order valence-electron chi connectivity index (χ0n) is 12.8. The lowest BCUT2D eigenvalue weighted by Crippen LogP contribution is -2.39. The molecule has 0 amide bonds. The molecule has 0 spiro atoms. The van der Waals surface area contributed by atoms with E-state index in [4.69, 9.17) is 0 Å². The second kappa shape index (κ2) is 6.73. The third-order valence-electron chi connectivity index (χ3n) is 4.16. The van der Waals surface area contributed by atoms with Crippen LogP contribution in [-0.4, -0.2) is 22.6 Å². The van der Waals surface area contributed by atoms with Gasteiger partial charge in [0.2, 0.25) is 0 Å². The molecule has 5 heteroatoms. The summed E-state index contributed by atoms with van der Waals surface area (Å²) in [5.41, 5.74) is 0.816. The normalized spacial score (nSPS) is 18.3. The van der Waals surface area contributed by atoms with Gasteiger partial charge in [-0.05, 0) is 49.9 Å². The van der Waals surface area contributed by atoms with Gasteiger partial charge < -0.3 is 10.2 Å². The number of hydrogen-bond acceptors (Lipinski definition) is 4. The summed E-state index contributed by atoms with van der Waals surface area (Å²) in [6.45, 7) is 3.27. The molecule has 116 valence electrons. The predicted octanol–water partition coefficient (Wildman–Crippen LogP) is 4.13. The lowest BCUT2D eigenvalue weighted by molar-refractivity contribution is 0.446. The van der Waals surface area contributed by atoms with Crippen LogP contribution in [0.4, 0.5) is 21.7 Å². The Kier molecular flexibility index (Phi) is 4.51. The summed E-state index contributed by atoms with van der Waals surface area (Å²) in [4.78, 5) is 11.1. The van der Waals surface area contributed by atoms with Crippen molar-refractivity contribution in [2.75, 3.05) is 16.8 Å². The van der Waals surface area contributed by atoms with Crippen LogP contribution in [0.25, 0.3) is 0 Å². The van der Waals surface area contributed by atoms with E-state index in [0.29, 0.717) is 6.04 Å². The Morgan fingerprint density at radius 3 is 2.82 bits per heavy atom. The van der Waals surface area contributed by atoms with Crippen LogP contribution in [0, 0.1) is 5.82 Å². The van der Waals surface area contributed by atoms with Crippen molar-refractivity contribution in [3.05, 3.63) is 42.5 Å². The van der Waals surface area contributed by atoms with Crippen molar-refractivity contribution in [3.8, 4) is 0 Å². The van der Waals surface area contributed by atoms with Gasteiger partial charge in [-0.25, -0.2) is 14.4 Å². The minimum Gasteiger partial charge on any atom is -0.353 e. The minimum atomic E-state index is -0.243. The zero-order valence-corrected chi connectivity index (χ0v) is 12.8. The van der Waals surface area contributed by atoms with Gasteiger partial charge in [0.25, 0.3) is 0 Å². The van der Waals surface area contributed by atoms with Gasteiger partial charge >= 0.3 is 0 Å². The highest BCUT2D eigenvalue weighted by atomic mass is 19.1. The van der Waals surface area contributed by atoms with Crippen LogP contribution in [0.2, 0.25) is 0 Å². The number of rotatable bonds is 4.